The molecule has 9 heteroatoms. The zero-order valence-electron chi connectivity index (χ0n) is 18.0. The third-order valence-corrected chi connectivity index (χ3v) is 6.37. The highest BCUT2D eigenvalue weighted by Gasteiger charge is 2.19. The van der Waals surface area contributed by atoms with Gasteiger partial charge in [0.05, 0.1) is 17.2 Å². The number of rotatable bonds is 8. The van der Waals surface area contributed by atoms with E-state index in [1.165, 1.54) is 18.3 Å². The number of anilines is 2. The first-order valence-corrected chi connectivity index (χ1v) is 11.6. The minimum Gasteiger partial charge on any atom is -0.462 e. The second-order valence-corrected chi connectivity index (χ2v) is 8.89. The molecule has 8 nitrogen and oxygen atoms in total. The minimum atomic E-state index is -3.60. The predicted octanol–water partition coefficient (Wildman–Crippen LogP) is 3.94. The number of esters is 1. The Morgan fingerprint density at radius 1 is 1.13 bits per heavy atom. The third-order valence-electron chi connectivity index (χ3n) is 4.77. The highest BCUT2D eigenvalue weighted by atomic mass is 32.2. The van der Waals surface area contributed by atoms with Gasteiger partial charge in [0.15, 0.2) is 5.65 Å². The highest BCUT2D eigenvalue weighted by Crippen LogP contribution is 2.29. The lowest BCUT2D eigenvalue weighted by atomic mass is 10.1. The van der Waals surface area contributed by atoms with Gasteiger partial charge in [0.25, 0.3) is 0 Å². The van der Waals surface area contributed by atoms with Crippen LogP contribution in [-0.2, 0) is 14.8 Å². The standard InChI is InChI=1S/C22H26N4O4S/c1-5-14(3)26-31(28,29)17-10-8-16(9-11-17)25-20-18-12-7-15(4)24-21(18)23-13-19(20)22(27)30-6-2/h7-14,26H,5-6H2,1-4H3,(H,23,24,25). The Morgan fingerprint density at radius 3 is 2.48 bits per heavy atom. The molecule has 0 amide bonds. The summed E-state index contributed by atoms with van der Waals surface area (Å²) in [7, 11) is -3.60. The van der Waals surface area contributed by atoms with Gasteiger partial charge in [-0.2, -0.15) is 0 Å². The van der Waals surface area contributed by atoms with Gasteiger partial charge in [-0.1, -0.05) is 6.92 Å². The smallest absolute Gasteiger partial charge is 0.341 e. The number of hydrogen-bond donors (Lipinski definition) is 2. The normalized spacial score (nSPS) is 12.5. The van der Waals surface area contributed by atoms with Crippen molar-refractivity contribution >= 4 is 38.4 Å². The van der Waals surface area contributed by atoms with Crippen molar-refractivity contribution in [3.63, 3.8) is 0 Å². The first kappa shape index (κ1) is 22.6. The SMILES string of the molecule is CCOC(=O)c1cnc2nc(C)ccc2c1Nc1ccc(S(=O)(=O)NC(C)CC)cc1. The predicted molar refractivity (Wildman–Crippen MR) is 120 cm³/mol. The molecule has 1 atom stereocenters. The van der Waals surface area contributed by atoms with Crippen LogP contribution in [0.25, 0.3) is 11.0 Å². The number of aromatic nitrogens is 2. The summed E-state index contributed by atoms with van der Waals surface area (Å²) in [4.78, 5) is 21.3. The van der Waals surface area contributed by atoms with E-state index in [9.17, 15) is 13.2 Å². The molecular weight excluding hydrogens is 416 g/mol. The number of carbonyl (C=O) groups excluding carboxylic acids is 1. The van der Waals surface area contributed by atoms with Gasteiger partial charge in [0.1, 0.15) is 5.56 Å². The molecule has 2 N–H and O–H groups in total. The third kappa shape index (κ3) is 5.18. The molecule has 0 aliphatic rings. The summed E-state index contributed by atoms with van der Waals surface area (Å²) in [6.07, 6.45) is 2.13. The van der Waals surface area contributed by atoms with Crippen LogP contribution in [0.5, 0.6) is 0 Å². The van der Waals surface area contributed by atoms with Gasteiger partial charge in [-0.05, 0) is 63.6 Å². The van der Waals surface area contributed by atoms with Crippen LogP contribution in [0.2, 0.25) is 0 Å². The number of benzene rings is 1. The van der Waals surface area contributed by atoms with E-state index in [-0.39, 0.29) is 23.1 Å². The lowest BCUT2D eigenvalue weighted by Crippen LogP contribution is -2.31. The fraction of sp³-hybridized carbons (Fsp3) is 0.318. The number of fused-ring (bicyclic) bond motifs is 1. The summed E-state index contributed by atoms with van der Waals surface area (Å²) < 4.78 is 32.8. The van der Waals surface area contributed by atoms with Crippen molar-refractivity contribution in [1.82, 2.24) is 14.7 Å². The zero-order valence-corrected chi connectivity index (χ0v) is 18.8. The second-order valence-electron chi connectivity index (χ2n) is 7.17. The van der Waals surface area contributed by atoms with Gasteiger partial charge < -0.3 is 10.1 Å². The molecule has 0 radical (unpaired) electrons. The van der Waals surface area contributed by atoms with Crippen LogP contribution in [0.15, 0.2) is 47.5 Å². The van der Waals surface area contributed by atoms with Gasteiger partial charge in [0.2, 0.25) is 10.0 Å². The average Bonchev–Trinajstić information content (AvgIpc) is 2.73. The maximum atomic E-state index is 12.5. The van der Waals surface area contributed by atoms with Crippen molar-refractivity contribution in [1.29, 1.82) is 0 Å². The molecule has 31 heavy (non-hydrogen) atoms. The number of carbonyl (C=O) groups is 1. The summed E-state index contributed by atoms with van der Waals surface area (Å²) in [6, 6.07) is 9.84. The highest BCUT2D eigenvalue weighted by molar-refractivity contribution is 7.89. The topological polar surface area (TPSA) is 110 Å². The van der Waals surface area contributed by atoms with Crippen molar-refractivity contribution in [2.45, 2.75) is 45.1 Å². The van der Waals surface area contributed by atoms with E-state index < -0.39 is 16.0 Å². The van der Waals surface area contributed by atoms with Crippen LogP contribution in [0.1, 0.15) is 43.2 Å². The lowest BCUT2D eigenvalue weighted by Gasteiger charge is -2.15. The number of nitrogens with one attached hydrogen (secondary N) is 2. The molecular formula is C22H26N4O4S. The average molecular weight is 443 g/mol. The monoisotopic (exact) mass is 442 g/mol. The van der Waals surface area contributed by atoms with E-state index in [0.717, 1.165) is 5.69 Å². The number of ether oxygens (including phenoxy) is 1. The van der Waals surface area contributed by atoms with Crippen molar-refractivity contribution in [2.75, 3.05) is 11.9 Å². The molecule has 3 rings (SSSR count). The zero-order chi connectivity index (χ0) is 22.6. The summed E-state index contributed by atoms with van der Waals surface area (Å²) in [5, 5.41) is 3.87. The van der Waals surface area contributed by atoms with E-state index >= 15 is 0 Å². The number of hydrogen-bond acceptors (Lipinski definition) is 7. The fourth-order valence-corrected chi connectivity index (χ4v) is 4.28. The fourth-order valence-electron chi connectivity index (χ4n) is 2.95. The van der Waals surface area contributed by atoms with E-state index in [0.29, 0.717) is 28.8 Å². The molecule has 0 saturated heterocycles. The molecule has 2 aromatic heterocycles. The van der Waals surface area contributed by atoms with Crippen LogP contribution in [0, 0.1) is 6.92 Å². The maximum absolute atomic E-state index is 12.5. The Bertz CT molecular complexity index is 1190. The van der Waals surface area contributed by atoms with E-state index in [1.54, 1.807) is 19.1 Å². The van der Waals surface area contributed by atoms with Gasteiger partial charge in [-0.15, -0.1) is 0 Å². The first-order valence-electron chi connectivity index (χ1n) is 10.1. The van der Waals surface area contributed by atoms with Crippen LogP contribution < -0.4 is 10.0 Å². The molecule has 0 aliphatic heterocycles. The molecule has 3 aromatic rings. The Labute approximate surface area is 182 Å². The number of aryl methyl sites for hydroxylation is 1. The first-order chi connectivity index (χ1) is 14.7. The quantitative estimate of drug-likeness (QED) is 0.509. The van der Waals surface area contributed by atoms with Gasteiger partial charge >= 0.3 is 5.97 Å². The summed E-state index contributed by atoms with van der Waals surface area (Å²) >= 11 is 0. The molecule has 0 aliphatic carbocycles. The van der Waals surface area contributed by atoms with Crippen molar-refractivity contribution in [3.05, 3.63) is 53.9 Å². The van der Waals surface area contributed by atoms with Crippen LogP contribution in [-0.4, -0.2) is 37.0 Å². The van der Waals surface area contributed by atoms with Crippen LogP contribution >= 0.6 is 0 Å². The summed E-state index contributed by atoms with van der Waals surface area (Å²) in [5.74, 6) is -0.503. The molecule has 1 aromatic carbocycles. The van der Waals surface area contributed by atoms with Gasteiger partial charge in [-0.3, -0.25) is 0 Å². The Kier molecular flexibility index (Phi) is 6.87. The molecule has 0 bridgehead atoms. The molecule has 164 valence electrons. The Morgan fingerprint density at radius 2 is 1.84 bits per heavy atom. The summed E-state index contributed by atoms with van der Waals surface area (Å²) in [5.41, 5.74) is 2.69. The summed E-state index contributed by atoms with van der Waals surface area (Å²) in [6.45, 7) is 7.56. The van der Waals surface area contributed by atoms with Crippen molar-refractivity contribution in [3.8, 4) is 0 Å². The van der Waals surface area contributed by atoms with E-state index in [2.05, 4.69) is 20.0 Å². The minimum absolute atomic E-state index is 0.158. The number of nitrogens with zero attached hydrogens (tertiary/aromatic N) is 2. The van der Waals surface area contributed by atoms with E-state index in [1.807, 2.05) is 32.9 Å². The second kappa shape index (κ2) is 9.40. The number of pyridine rings is 2. The molecule has 0 saturated carbocycles. The van der Waals surface area contributed by atoms with Crippen molar-refractivity contribution in [2.24, 2.45) is 0 Å². The molecule has 2 heterocycles. The van der Waals surface area contributed by atoms with Crippen molar-refractivity contribution < 1.29 is 17.9 Å². The molecule has 0 spiro atoms. The van der Waals surface area contributed by atoms with Gasteiger partial charge in [-0.25, -0.2) is 27.9 Å². The van der Waals surface area contributed by atoms with Gasteiger partial charge in [0, 0.05) is 29.0 Å². The van der Waals surface area contributed by atoms with Crippen LogP contribution in [0.4, 0.5) is 11.4 Å². The largest absolute Gasteiger partial charge is 0.462 e. The number of sulfonamides is 1. The molecule has 1 unspecified atom stereocenters. The Balaban J connectivity index is 1.98. The molecule has 0 fully saturated rings. The van der Waals surface area contributed by atoms with Crippen LogP contribution in [0.3, 0.4) is 0 Å². The maximum Gasteiger partial charge on any atom is 0.341 e. The van der Waals surface area contributed by atoms with E-state index in [4.69, 9.17) is 4.74 Å². The lowest BCUT2D eigenvalue weighted by molar-refractivity contribution is 0.0527. The Hall–Kier alpha value is -3.04.